The quantitative estimate of drug-likeness (QED) is 0.503. The Hall–Kier alpha value is -2.70. The molecule has 24 heavy (non-hydrogen) atoms. The van der Waals surface area contributed by atoms with Crippen LogP contribution in [0.25, 0.3) is 0 Å². The van der Waals surface area contributed by atoms with Crippen LogP contribution in [0.1, 0.15) is 6.42 Å². The van der Waals surface area contributed by atoms with Crippen molar-refractivity contribution in [2.45, 2.75) is 6.42 Å². The molecule has 7 nitrogen and oxygen atoms in total. The number of hydrogen-bond donors (Lipinski definition) is 1. The molecule has 7 heteroatoms. The second-order valence-corrected chi connectivity index (χ2v) is 6.77. The summed E-state index contributed by atoms with van der Waals surface area (Å²) in [6.07, 6.45) is 4.82. The summed E-state index contributed by atoms with van der Waals surface area (Å²) >= 11 is 0. The molecule has 5 rings (SSSR count). The normalized spacial score (nSPS) is 35.2. The third-order valence-electron chi connectivity index (χ3n) is 5.55. The predicted octanol–water partition coefficient (Wildman–Crippen LogP) is 0.967. The third-order valence-corrected chi connectivity index (χ3v) is 5.55. The van der Waals surface area contributed by atoms with Crippen LogP contribution < -0.4 is 10.4 Å². The molecule has 2 saturated carbocycles. The van der Waals surface area contributed by atoms with Gasteiger partial charge in [-0.25, -0.2) is 0 Å². The summed E-state index contributed by atoms with van der Waals surface area (Å²) in [5, 5.41) is 25.1. The number of nitrogens with one attached hydrogen (secondary N) is 1. The van der Waals surface area contributed by atoms with Gasteiger partial charge in [0.25, 0.3) is 5.69 Å². The Kier molecular flexibility index (Phi) is 3.19. The standard InChI is InChI=1S/C17H16N2O5/c20-16(18-8-2-1-3-9(6-8)19(23)24)14-10-4-5-11(13-7-12(10)13)15(14)17(21)22/h1-6,10-15H,7H2,(H,18,20)(H,21,22)/p-1/t10-,11+,12+,13+,14+,15+/m0/s1. The van der Waals surface area contributed by atoms with Gasteiger partial charge >= 0.3 is 0 Å². The summed E-state index contributed by atoms with van der Waals surface area (Å²) in [5.41, 5.74) is 0.167. The van der Waals surface area contributed by atoms with Crippen molar-refractivity contribution in [2.24, 2.45) is 35.5 Å². The summed E-state index contributed by atoms with van der Waals surface area (Å²) in [6.45, 7) is 0. The zero-order valence-corrected chi connectivity index (χ0v) is 12.6. The number of nitrogens with zero attached hydrogens (tertiary/aromatic N) is 1. The largest absolute Gasteiger partial charge is 0.550 e. The van der Waals surface area contributed by atoms with Crippen LogP contribution in [-0.2, 0) is 9.59 Å². The first-order valence-electron chi connectivity index (χ1n) is 7.92. The van der Waals surface area contributed by atoms with E-state index in [2.05, 4.69) is 5.32 Å². The van der Waals surface area contributed by atoms with E-state index < -0.39 is 28.6 Å². The Balaban J connectivity index is 1.59. The number of nitro groups is 1. The molecular weight excluding hydrogens is 312 g/mol. The highest BCUT2D eigenvalue weighted by Crippen LogP contribution is 2.63. The Morgan fingerprint density at radius 3 is 2.42 bits per heavy atom. The Labute approximate surface area is 137 Å². The molecule has 1 N–H and O–H groups in total. The molecule has 0 spiro atoms. The molecule has 0 unspecified atom stereocenters. The molecule has 6 atom stereocenters. The van der Waals surface area contributed by atoms with E-state index in [0.29, 0.717) is 17.5 Å². The van der Waals surface area contributed by atoms with E-state index in [1.165, 1.54) is 18.2 Å². The number of carboxylic acids is 1. The minimum atomic E-state index is -1.20. The van der Waals surface area contributed by atoms with Gasteiger partial charge in [0.15, 0.2) is 0 Å². The smallest absolute Gasteiger partial charge is 0.271 e. The zero-order chi connectivity index (χ0) is 17.0. The van der Waals surface area contributed by atoms with Gasteiger partial charge in [0.1, 0.15) is 0 Å². The summed E-state index contributed by atoms with van der Waals surface area (Å²) in [5.74, 6) is -2.64. The second kappa shape index (κ2) is 5.15. The van der Waals surface area contributed by atoms with Gasteiger partial charge in [-0.15, -0.1) is 0 Å². The van der Waals surface area contributed by atoms with Gasteiger partial charge in [-0.2, -0.15) is 0 Å². The van der Waals surface area contributed by atoms with E-state index in [0.717, 1.165) is 6.42 Å². The van der Waals surface area contributed by atoms with Gasteiger partial charge in [0.05, 0.1) is 10.8 Å². The van der Waals surface area contributed by atoms with Crippen LogP contribution in [0, 0.1) is 45.6 Å². The van der Waals surface area contributed by atoms with Gasteiger partial charge < -0.3 is 15.2 Å². The minimum Gasteiger partial charge on any atom is -0.550 e. The number of aliphatic carboxylic acids is 1. The average molecular weight is 327 g/mol. The number of amides is 1. The van der Waals surface area contributed by atoms with Crippen molar-refractivity contribution in [1.82, 2.24) is 0 Å². The van der Waals surface area contributed by atoms with Gasteiger partial charge in [-0.1, -0.05) is 18.2 Å². The predicted molar refractivity (Wildman–Crippen MR) is 81.4 cm³/mol. The third kappa shape index (κ3) is 2.19. The van der Waals surface area contributed by atoms with Crippen molar-refractivity contribution in [3.05, 3.63) is 46.5 Å². The van der Waals surface area contributed by atoms with E-state index in [-0.39, 0.29) is 17.5 Å². The van der Waals surface area contributed by atoms with Crippen molar-refractivity contribution in [2.75, 3.05) is 5.32 Å². The number of carbonyl (C=O) groups is 2. The van der Waals surface area contributed by atoms with Crippen LogP contribution in [0.3, 0.4) is 0 Å². The van der Waals surface area contributed by atoms with Crippen molar-refractivity contribution in [3.8, 4) is 0 Å². The number of carbonyl (C=O) groups excluding carboxylic acids is 2. The molecule has 1 aromatic carbocycles. The first kappa shape index (κ1) is 14.9. The number of hydrogen-bond acceptors (Lipinski definition) is 5. The highest BCUT2D eigenvalue weighted by atomic mass is 16.6. The number of nitro benzene ring substituents is 1. The maximum absolute atomic E-state index is 12.7. The Morgan fingerprint density at radius 1 is 1.12 bits per heavy atom. The van der Waals surface area contributed by atoms with E-state index in [1.807, 2.05) is 12.2 Å². The molecular formula is C17H15N2O5-. The molecule has 0 heterocycles. The topological polar surface area (TPSA) is 112 Å². The Bertz CT molecular complexity index is 774. The van der Waals surface area contributed by atoms with Gasteiger partial charge in [-0.3, -0.25) is 14.9 Å². The molecule has 0 radical (unpaired) electrons. The lowest BCUT2D eigenvalue weighted by molar-refractivity contribution is -0.384. The van der Waals surface area contributed by atoms with Crippen molar-refractivity contribution < 1.29 is 19.6 Å². The summed E-state index contributed by atoms with van der Waals surface area (Å²) < 4.78 is 0. The molecule has 124 valence electrons. The molecule has 4 aliphatic rings. The zero-order valence-electron chi connectivity index (χ0n) is 12.6. The van der Waals surface area contributed by atoms with E-state index in [9.17, 15) is 24.8 Å². The highest BCUT2D eigenvalue weighted by molar-refractivity contribution is 5.96. The van der Waals surface area contributed by atoms with Gasteiger partial charge in [0.2, 0.25) is 5.91 Å². The fraction of sp³-hybridized carbons (Fsp3) is 0.412. The van der Waals surface area contributed by atoms with Crippen LogP contribution in [0.15, 0.2) is 36.4 Å². The van der Waals surface area contributed by atoms with Crippen LogP contribution in [-0.4, -0.2) is 16.8 Å². The number of non-ortho nitro benzene ring substituents is 1. The molecule has 4 aliphatic carbocycles. The molecule has 1 aromatic rings. The second-order valence-electron chi connectivity index (χ2n) is 6.77. The molecule has 1 amide bonds. The summed E-state index contributed by atoms with van der Waals surface area (Å²) in [7, 11) is 0. The van der Waals surface area contributed by atoms with Crippen LogP contribution in [0.4, 0.5) is 11.4 Å². The molecule has 0 aliphatic heterocycles. The van der Waals surface area contributed by atoms with E-state index >= 15 is 0 Å². The molecule has 0 saturated heterocycles. The Morgan fingerprint density at radius 2 is 1.79 bits per heavy atom. The first-order chi connectivity index (χ1) is 11.5. The minimum absolute atomic E-state index is 0.0957. The summed E-state index contributed by atoms with van der Waals surface area (Å²) in [4.78, 5) is 34.6. The number of carboxylic acid groups (broad SMARTS) is 1. The van der Waals surface area contributed by atoms with Crippen molar-refractivity contribution in [1.29, 1.82) is 0 Å². The van der Waals surface area contributed by atoms with Crippen molar-refractivity contribution in [3.63, 3.8) is 0 Å². The fourth-order valence-corrected chi connectivity index (χ4v) is 4.48. The van der Waals surface area contributed by atoms with Crippen LogP contribution in [0.5, 0.6) is 0 Å². The molecule has 2 bridgehead atoms. The van der Waals surface area contributed by atoms with Crippen molar-refractivity contribution >= 4 is 23.3 Å². The van der Waals surface area contributed by atoms with Gasteiger partial charge in [0, 0.05) is 29.7 Å². The summed E-state index contributed by atoms with van der Waals surface area (Å²) in [6, 6.07) is 5.63. The molecule has 2 fully saturated rings. The monoisotopic (exact) mass is 327 g/mol. The fourth-order valence-electron chi connectivity index (χ4n) is 4.48. The maximum Gasteiger partial charge on any atom is 0.271 e. The number of allylic oxidation sites excluding steroid dienone is 2. The highest BCUT2D eigenvalue weighted by Gasteiger charge is 2.61. The number of fused-ring (bicyclic) bond motifs is 1. The lowest BCUT2D eigenvalue weighted by atomic mass is 9.62. The average Bonchev–Trinajstić information content (AvgIpc) is 3.36. The van der Waals surface area contributed by atoms with Crippen LogP contribution >= 0.6 is 0 Å². The maximum atomic E-state index is 12.7. The lowest BCUT2D eigenvalue weighted by Gasteiger charge is -2.44. The van der Waals surface area contributed by atoms with Gasteiger partial charge in [-0.05, 0) is 36.2 Å². The number of anilines is 1. The van der Waals surface area contributed by atoms with E-state index in [1.54, 1.807) is 6.07 Å². The first-order valence-corrected chi connectivity index (χ1v) is 7.92. The molecule has 0 aromatic heterocycles. The number of rotatable bonds is 4. The van der Waals surface area contributed by atoms with E-state index in [4.69, 9.17) is 0 Å². The SMILES string of the molecule is O=C([O-])[C@@H]1[C@@H]2C=C[C@@H]([C@H]3C[C@H]23)[C@H]1C(=O)Nc1cccc([N+](=O)[O-])c1. The number of benzene rings is 1. The lowest BCUT2D eigenvalue weighted by Crippen LogP contribution is -2.52. The van der Waals surface area contributed by atoms with Crippen LogP contribution in [0.2, 0.25) is 0 Å².